The van der Waals surface area contributed by atoms with Crippen molar-refractivity contribution in [2.45, 2.75) is 26.3 Å². The summed E-state index contributed by atoms with van der Waals surface area (Å²) >= 11 is 7.71. The van der Waals surface area contributed by atoms with Gasteiger partial charge in [-0.3, -0.25) is 0 Å². The summed E-state index contributed by atoms with van der Waals surface area (Å²) in [5, 5.41) is 3.24. The largest absolute Gasteiger partial charge is 0.344 e. The van der Waals surface area contributed by atoms with Gasteiger partial charge in [-0.2, -0.15) is 0 Å². The summed E-state index contributed by atoms with van der Waals surface area (Å²) in [5.41, 5.74) is 1.11. The molecule has 2 nitrogen and oxygen atoms in total. The minimum Gasteiger partial charge on any atom is -0.344 e. The average molecular weight is 231 g/mol. The van der Waals surface area contributed by atoms with Gasteiger partial charge < -0.3 is 4.90 Å². The SMILES string of the molecule is Cc1csc(N2CCC(C)C2CCl)n1. The fourth-order valence-electron chi connectivity index (χ4n) is 1.95. The molecule has 0 N–H and O–H groups in total. The Labute approximate surface area is 93.9 Å². The fourth-order valence-corrected chi connectivity index (χ4v) is 3.31. The molecule has 0 aromatic carbocycles. The quantitative estimate of drug-likeness (QED) is 0.727. The van der Waals surface area contributed by atoms with Crippen molar-refractivity contribution in [3.8, 4) is 0 Å². The standard InChI is InChI=1S/C10H15ClN2S/c1-7-3-4-13(9(7)5-11)10-12-8(2)6-14-10/h6-7,9H,3-5H2,1-2H3. The van der Waals surface area contributed by atoms with Crippen molar-refractivity contribution < 1.29 is 0 Å². The molecule has 0 amide bonds. The maximum atomic E-state index is 5.99. The van der Waals surface area contributed by atoms with E-state index in [0.29, 0.717) is 17.8 Å². The lowest BCUT2D eigenvalue weighted by Gasteiger charge is -2.24. The molecule has 4 heteroatoms. The van der Waals surface area contributed by atoms with Gasteiger partial charge in [-0.25, -0.2) is 4.98 Å². The molecule has 0 bridgehead atoms. The number of halogens is 1. The number of nitrogens with zero attached hydrogens (tertiary/aromatic N) is 2. The van der Waals surface area contributed by atoms with Crippen molar-refractivity contribution >= 4 is 28.1 Å². The van der Waals surface area contributed by atoms with Crippen LogP contribution in [0.3, 0.4) is 0 Å². The lowest BCUT2D eigenvalue weighted by molar-refractivity contribution is 0.550. The summed E-state index contributed by atoms with van der Waals surface area (Å²) in [6, 6.07) is 0.474. The van der Waals surface area contributed by atoms with E-state index in [-0.39, 0.29) is 0 Å². The highest BCUT2D eigenvalue weighted by Crippen LogP contribution is 2.32. The van der Waals surface area contributed by atoms with Crippen LogP contribution in [0.2, 0.25) is 0 Å². The summed E-state index contributed by atoms with van der Waals surface area (Å²) in [6.45, 7) is 5.41. The molecule has 1 fully saturated rings. The molecular weight excluding hydrogens is 216 g/mol. The lowest BCUT2D eigenvalue weighted by atomic mass is 10.1. The van der Waals surface area contributed by atoms with E-state index in [2.05, 4.69) is 22.2 Å². The second-order valence-electron chi connectivity index (χ2n) is 3.95. The molecule has 1 saturated heterocycles. The first-order chi connectivity index (χ1) is 6.72. The van der Waals surface area contributed by atoms with E-state index in [1.807, 2.05) is 6.92 Å². The highest BCUT2D eigenvalue weighted by atomic mass is 35.5. The molecule has 14 heavy (non-hydrogen) atoms. The van der Waals surface area contributed by atoms with E-state index in [1.54, 1.807) is 11.3 Å². The maximum absolute atomic E-state index is 5.99. The summed E-state index contributed by atoms with van der Waals surface area (Å²) < 4.78 is 0. The molecule has 1 aromatic heterocycles. The van der Waals surface area contributed by atoms with Crippen LogP contribution in [0.5, 0.6) is 0 Å². The topological polar surface area (TPSA) is 16.1 Å². The molecule has 2 atom stereocenters. The minimum atomic E-state index is 0.474. The molecule has 0 saturated carbocycles. The maximum Gasteiger partial charge on any atom is 0.185 e. The fraction of sp³-hybridized carbons (Fsp3) is 0.700. The molecule has 1 aromatic rings. The van der Waals surface area contributed by atoms with E-state index in [0.717, 1.165) is 17.4 Å². The number of anilines is 1. The zero-order valence-corrected chi connectivity index (χ0v) is 10.1. The molecular formula is C10H15ClN2S. The van der Waals surface area contributed by atoms with Crippen LogP contribution in [0.15, 0.2) is 5.38 Å². The summed E-state index contributed by atoms with van der Waals surface area (Å²) in [6.07, 6.45) is 1.23. The predicted octanol–water partition coefficient (Wildman–Crippen LogP) is 2.91. The van der Waals surface area contributed by atoms with Crippen LogP contribution in [-0.4, -0.2) is 23.5 Å². The third-order valence-corrected chi connectivity index (χ3v) is 4.20. The van der Waals surface area contributed by atoms with Crippen LogP contribution in [0, 0.1) is 12.8 Å². The summed E-state index contributed by atoms with van der Waals surface area (Å²) in [5.74, 6) is 1.40. The van der Waals surface area contributed by atoms with Crippen molar-refractivity contribution in [3.05, 3.63) is 11.1 Å². The van der Waals surface area contributed by atoms with Gasteiger partial charge in [0.15, 0.2) is 5.13 Å². The van der Waals surface area contributed by atoms with E-state index in [1.165, 1.54) is 6.42 Å². The van der Waals surface area contributed by atoms with Crippen molar-refractivity contribution in [3.63, 3.8) is 0 Å². The smallest absolute Gasteiger partial charge is 0.185 e. The van der Waals surface area contributed by atoms with Crippen LogP contribution < -0.4 is 4.90 Å². The normalized spacial score (nSPS) is 27.2. The van der Waals surface area contributed by atoms with E-state index < -0.39 is 0 Å². The number of hydrogen-bond donors (Lipinski definition) is 0. The van der Waals surface area contributed by atoms with E-state index >= 15 is 0 Å². The molecule has 2 heterocycles. The van der Waals surface area contributed by atoms with Gasteiger partial charge in [0.05, 0.1) is 5.69 Å². The molecule has 78 valence electrons. The first kappa shape index (κ1) is 10.2. The van der Waals surface area contributed by atoms with Crippen LogP contribution >= 0.6 is 22.9 Å². The van der Waals surface area contributed by atoms with Crippen molar-refractivity contribution in [2.24, 2.45) is 5.92 Å². The van der Waals surface area contributed by atoms with Gasteiger partial charge >= 0.3 is 0 Å². The second-order valence-corrected chi connectivity index (χ2v) is 5.10. The highest BCUT2D eigenvalue weighted by Gasteiger charge is 2.31. The highest BCUT2D eigenvalue weighted by molar-refractivity contribution is 7.13. The number of alkyl halides is 1. The molecule has 2 unspecified atom stereocenters. The molecule has 0 radical (unpaired) electrons. The predicted molar refractivity (Wildman–Crippen MR) is 62.5 cm³/mol. The zero-order chi connectivity index (χ0) is 10.1. The third kappa shape index (κ3) is 1.75. The van der Waals surface area contributed by atoms with Gasteiger partial charge in [0, 0.05) is 23.8 Å². The Kier molecular flexibility index (Phi) is 2.98. The van der Waals surface area contributed by atoms with Gasteiger partial charge in [0.2, 0.25) is 0 Å². The molecule has 0 spiro atoms. The lowest BCUT2D eigenvalue weighted by Crippen LogP contribution is -2.33. The van der Waals surface area contributed by atoms with Gasteiger partial charge in [-0.1, -0.05) is 6.92 Å². The average Bonchev–Trinajstić information content (AvgIpc) is 2.71. The molecule has 2 rings (SSSR count). The van der Waals surface area contributed by atoms with Crippen LogP contribution in [0.25, 0.3) is 0 Å². The first-order valence-electron chi connectivity index (χ1n) is 4.97. The summed E-state index contributed by atoms with van der Waals surface area (Å²) in [7, 11) is 0. The third-order valence-electron chi connectivity index (χ3n) is 2.89. The van der Waals surface area contributed by atoms with Gasteiger partial charge in [0.25, 0.3) is 0 Å². The number of aryl methyl sites for hydroxylation is 1. The number of thiazole rings is 1. The molecule has 1 aliphatic rings. The number of rotatable bonds is 2. The van der Waals surface area contributed by atoms with Gasteiger partial charge in [-0.05, 0) is 19.3 Å². The number of aromatic nitrogens is 1. The van der Waals surface area contributed by atoms with E-state index in [9.17, 15) is 0 Å². The minimum absolute atomic E-state index is 0.474. The second kappa shape index (κ2) is 4.07. The Bertz CT molecular complexity index is 313. The van der Waals surface area contributed by atoms with Crippen LogP contribution in [-0.2, 0) is 0 Å². The Hall–Kier alpha value is -0.280. The van der Waals surface area contributed by atoms with Crippen molar-refractivity contribution in [2.75, 3.05) is 17.3 Å². The Morgan fingerprint density at radius 1 is 1.71 bits per heavy atom. The number of hydrogen-bond acceptors (Lipinski definition) is 3. The summed E-state index contributed by atoms with van der Waals surface area (Å²) in [4.78, 5) is 6.87. The molecule has 1 aliphatic heterocycles. The Balaban J connectivity index is 2.18. The molecule has 0 aliphatic carbocycles. The van der Waals surface area contributed by atoms with E-state index in [4.69, 9.17) is 11.6 Å². The van der Waals surface area contributed by atoms with Crippen LogP contribution in [0.4, 0.5) is 5.13 Å². The first-order valence-corrected chi connectivity index (χ1v) is 6.38. The van der Waals surface area contributed by atoms with Crippen molar-refractivity contribution in [1.82, 2.24) is 4.98 Å². The van der Waals surface area contributed by atoms with Gasteiger partial charge in [-0.15, -0.1) is 22.9 Å². The zero-order valence-electron chi connectivity index (χ0n) is 8.53. The Morgan fingerprint density at radius 3 is 3.07 bits per heavy atom. The van der Waals surface area contributed by atoms with Crippen molar-refractivity contribution in [1.29, 1.82) is 0 Å². The van der Waals surface area contributed by atoms with Gasteiger partial charge in [0.1, 0.15) is 0 Å². The van der Waals surface area contributed by atoms with Crippen LogP contribution in [0.1, 0.15) is 19.0 Å². The monoisotopic (exact) mass is 230 g/mol. The Morgan fingerprint density at radius 2 is 2.50 bits per heavy atom.